The van der Waals surface area contributed by atoms with Crippen LogP contribution in [0.4, 0.5) is 0 Å². The van der Waals surface area contributed by atoms with Crippen LogP contribution >= 0.6 is 0 Å². The molecular weight excluding hydrogens is 116 g/mol. The third-order valence-corrected chi connectivity index (χ3v) is 0.761. The van der Waals surface area contributed by atoms with E-state index in [2.05, 4.69) is 0 Å². The first-order valence-electron chi connectivity index (χ1n) is 3.22. The van der Waals surface area contributed by atoms with E-state index in [9.17, 15) is 0 Å². The number of hydrogen-bond acceptors (Lipinski definition) is 3. The normalized spacial score (nSPS) is 17.3. The van der Waals surface area contributed by atoms with Crippen molar-refractivity contribution in [3.05, 3.63) is 0 Å². The maximum Gasteiger partial charge on any atom is 0.0615 e. The van der Waals surface area contributed by atoms with Gasteiger partial charge in [-0.3, -0.25) is 0 Å². The molecule has 0 fully saturated rings. The van der Waals surface area contributed by atoms with Gasteiger partial charge in [-0.25, -0.2) is 0 Å². The average Bonchev–Trinajstić information content (AvgIpc) is 1.63. The van der Waals surface area contributed by atoms with Gasteiger partial charge in [0.2, 0.25) is 0 Å². The Hall–Kier alpha value is -0.120. The van der Waals surface area contributed by atoms with Crippen molar-refractivity contribution in [2.75, 3.05) is 13.2 Å². The Kier molecular flexibility index (Phi) is 4.67. The maximum absolute atomic E-state index is 5.41. The average molecular weight is 132 g/mol. The third kappa shape index (κ3) is 7.88. The molecule has 0 heterocycles. The lowest BCUT2D eigenvalue weighted by Crippen LogP contribution is -2.27. The van der Waals surface area contributed by atoms with Crippen LogP contribution in [-0.4, -0.2) is 25.3 Å². The van der Waals surface area contributed by atoms with E-state index in [0.717, 1.165) is 0 Å². The molecule has 0 spiro atoms. The van der Waals surface area contributed by atoms with Gasteiger partial charge in [-0.15, -0.1) is 0 Å². The Morgan fingerprint density at radius 2 is 1.44 bits per heavy atom. The van der Waals surface area contributed by atoms with Gasteiger partial charge in [0.1, 0.15) is 0 Å². The van der Waals surface area contributed by atoms with Gasteiger partial charge in [0.15, 0.2) is 0 Å². The minimum Gasteiger partial charge on any atom is -0.378 e. The Balaban J connectivity index is 2.91. The van der Waals surface area contributed by atoms with Crippen molar-refractivity contribution in [2.45, 2.75) is 25.9 Å². The highest BCUT2D eigenvalue weighted by atomic mass is 16.5. The minimum absolute atomic E-state index is 0.115. The molecule has 0 saturated carbocycles. The molecule has 0 aromatic carbocycles. The summed E-state index contributed by atoms with van der Waals surface area (Å²) in [6.07, 6.45) is 0. The molecule has 9 heavy (non-hydrogen) atoms. The fourth-order valence-electron chi connectivity index (χ4n) is 0.440. The molecule has 0 rings (SSSR count). The van der Waals surface area contributed by atoms with E-state index in [0.29, 0.717) is 13.2 Å². The lowest BCUT2D eigenvalue weighted by molar-refractivity contribution is 0.115. The summed E-state index contributed by atoms with van der Waals surface area (Å²) in [6.45, 7) is 5.01. The summed E-state index contributed by atoms with van der Waals surface area (Å²) in [6, 6.07) is 0.229. The van der Waals surface area contributed by atoms with E-state index in [4.69, 9.17) is 16.2 Å². The molecule has 0 aromatic heterocycles. The zero-order valence-corrected chi connectivity index (χ0v) is 6.13. The highest BCUT2D eigenvalue weighted by Gasteiger charge is 1.95. The minimum atomic E-state index is 0.115. The summed E-state index contributed by atoms with van der Waals surface area (Å²) in [5.74, 6) is 0. The van der Waals surface area contributed by atoms with E-state index in [1.165, 1.54) is 0 Å². The molecule has 0 aliphatic carbocycles. The first-order chi connectivity index (χ1) is 4.13. The molecule has 0 bridgehead atoms. The van der Waals surface area contributed by atoms with E-state index >= 15 is 0 Å². The first-order valence-corrected chi connectivity index (χ1v) is 3.22. The number of ether oxygens (including phenoxy) is 1. The summed E-state index contributed by atoms with van der Waals surface area (Å²) < 4.78 is 5.11. The molecule has 0 radical (unpaired) electrons. The van der Waals surface area contributed by atoms with Crippen LogP contribution in [0.1, 0.15) is 13.8 Å². The second-order valence-corrected chi connectivity index (χ2v) is 2.49. The SMILES string of the molecule is C[C@@H](N)COC[C@@H](C)N. The van der Waals surface area contributed by atoms with Crippen LogP contribution < -0.4 is 11.5 Å². The lowest BCUT2D eigenvalue weighted by atomic mass is 10.4. The summed E-state index contributed by atoms with van der Waals surface area (Å²) in [5.41, 5.74) is 10.8. The summed E-state index contributed by atoms with van der Waals surface area (Å²) in [5, 5.41) is 0. The Bertz CT molecular complexity index is 56.1. The van der Waals surface area contributed by atoms with Gasteiger partial charge in [0.05, 0.1) is 13.2 Å². The molecule has 3 heteroatoms. The van der Waals surface area contributed by atoms with Crippen LogP contribution in [0.5, 0.6) is 0 Å². The van der Waals surface area contributed by atoms with Crippen LogP contribution in [0, 0.1) is 0 Å². The molecule has 56 valence electrons. The topological polar surface area (TPSA) is 61.3 Å². The van der Waals surface area contributed by atoms with Gasteiger partial charge < -0.3 is 16.2 Å². The zero-order valence-electron chi connectivity index (χ0n) is 6.13. The van der Waals surface area contributed by atoms with Crippen molar-refractivity contribution in [3.8, 4) is 0 Å². The van der Waals surface area contributed by atoms with Crippen molar-refractivity contribution < 1.29 is 4.74 Å². The highest BCUT2D eigenvalue weighted by Crippen LogP contribution is 1.81. The summed E-state index contributed by atoms with van der Waals surface area (Å²) >= 11 is 0. The highest BCUT2D eigenvalue weighted by molar-refractivity contribution is 4.52. The largest absolute Gasteiger partial charge is 0.378 e. The van der Waals surface area contributed by atoms with E-state index < -0.39 is 0 Å². The smallest absolute Gasteiger partial charge is 0.0615 e. The van der Waals surface area contributed by atoms with Crippen LogP contribution in [0.15, 0.2) is 0 Å². The van der Waals surface area contributed by atoms with E-state index in [1.54, 1.807) is 0 Å². The molecule has 0 unspecified atom stereocenters. The van der Waals surface area contributed by atoms with Crippen LogP contribution in [0.25, 0.3) is 0 Å². The van der Waals surface area contributed by atoms with E-state index in [1.807, 2.05) is 13.8 Å². The number of nitrogens with two attached hydrogens (primary N) is 2. The standard InChI is InChI=1S/C6H16N2O/c1-5(7)3-9-4-6(2)8/h5-6H,3-4,7-8H2,1-2H3/t5-,6-/m1/s1. The predicted molar refractivity (Wildman–Crippen MR) is 38.1 cm³/mol. The molecular formula is C6H16N2O. The van der Waals surface area contributed by atoms with Crippen LogP contribution in [-0.2, 0) is 4.74 Å². The Labute approximate surface area is 56.4 Å². The second kappa shape index (κ2) is 4.73. The second-order valence-electron chi connectivity index (χ2n) is 2.49. The van der Waals surface area contributed by atoms with Crippen molar-refractivity contribution in [1.29, 1.82) is 0 Å². The molecule has 0 aromatic rings. The van der Waals surface area contributed by atoms with Crippen LogP contribution in [0.2, 0.25) is 0 Å². The van der Waals surface area contributed by atoms with Crippen molar-refractivity contribution in [3.63, 3.8) is 0 Å². The fraction of sp³-hybridized carbons (Fsp3) is 1.00. The molecule has 3 nitrogen and oxygen atoms in total. The van der Waals surface area contributed by atoms with Crippen molar-refractivity contribution in [2.24, 2.45) is 11.5 Å². The first kappa shape index (κ1) is 8.88. The predicted octanol–water partition coefficient (Wildman–Crippen LogP) is -0.303. The Morgan fingerprint density at radius 3 is 1.67 bits per heavy atom. The van der Waals surface area contributed by atoms with Crippen LogP contribution in [0.3, 0.4) is 0 Å². The van der Waals surface area contributed by atoms with Gasteiger partial charge >= 0.3 is 0 Å². The molecule has 2 atom stereocenters. The zero-order chi connectivity index (χ0) is 7.28. The molecule has 0 saturated heterocycles. The summed E-state index contributed by atoms with van der Waals surface area (Å²) in [4.78, 5) is 0. The monoisotopic (exact) mass is 132 g/mol. The maximum atomic E-state index is 5.41. The quantitative estimate of drug-likeness (QED) is 0.552. The molecule has 4 N–H and O–H groups in total. The third-order valence-electron chi connectivity index (χ3n) is 0.761. The number of hydrogen-bond donors (Lipinski definition) is 2. The molecule has 0 amide bonds. The van der Waals surface area contributed by atoms with Gasteiger partial charge in [0, 0.05) is 12.1 Å². The molecule has 0 aliphatic rings. The Morgan fingerprint density at radius 1 is 1.11 bits per heavy atom. The number of rotatable bonds is 4. The molecule has 0 aliphatic heterocycles. The lowest BCUT2D eigenvalue weighted by Gasteiger charge is -2.08. The van der Waals surface area contributed by atoms with Gasteiger partial charge in [-0.1, -0.05) is 0 Å². The van der Waals surface area contributed by atoms with Gasteiger partial charge in [0.25, 0.3) is 0 Å². The van der Waals surface area contributed by atoms with Crippen molar-refractivity contribution >= 4 is 0 Å². The summed E-state index contributed by atoms with van der Waals surface area (Å²) in [7, 11) is 0. The van der Waals surface area contributed by atoms with Gasteiger partial charge in [-0.2, -0.15) is 0 Å². The fourth-order valence-corrected chi connectivity index (χ4v) is 0.440. The van der Waals surface area contributed by atoms with Gasteiger partial charge in [-0.05, 0) is 13.8 Å². The van der Waals surface area contributed by atoms with E-state index in [-0.39, 0.29) is 12.1 Å². The van der Waals surface area contributed by atoms with Crippen molar-refractivity contribution in [1.82, 2.24) is 0 Å².